The molecular formula is C19H16F2N2O3S2. The number of thiazole rings is 1. The summed E-state index contributed by atoms with van der Waals surface area (Å²) in [5.74, 6) is -2.39. The molecule has 0 radical (unpaired) electrons. The van der Waals surface area contributed by atoms with Crippen LogP contribution in [0.5, 0.6) is 0 Å². The molecule has 3 aromatic rings. The fourth-order valence-corrected chi connectivity index (χ4v) is 4.13. The number of aromatic nitrogens is 1. The summed E-state index contributed by atoms with van der Waals surface area (Å²) in [7, 11) is -3.41. The van der Waals surface area contributed by atoms with Crippen LogP contribution in [0, 0.1) is 11.6 Å². The summed E-state index contributed by atoms with van der Waals surface area (Å²) >= 11 is 1.13. The lowest BCUT2D eigenvalue weighted by Gasteiger charge is -2.08. The van der Waals surface area contributed by atoms with E-state index in [1.807, 2.05) is 0 Å². The summed E-state index contributed by atoms with van der Waals surface area (Å²) < 4.78 is 50.7. The molecule has 0 unspecified atom stereocenters. The average molecular weight is 422 g/mol. The molecule has 9 heteroatoms. The molecule has 1 amide bonds. The Kier molecular flexibility index (Phi) is 5.57. The molecule has 28 heavy (non-hydrogen) atoms. The molecule has 0 bridgehead atoms. The highest BCUT2D eigenvalue weighted by Gasteiger charge is 2.19. The third-order valence-electron chi connectivity index (χ3n) is 4.01. The van der Waals surface area contributed by atoms with Crippen LogP contribution < -0.4 is 5.32 Å². The van der Waals surface area contributed by atoms with Gasteiger partial charge in [0.15, 0.2) is 26.6 Å². The van der Waals surface area contributed by atoms with Crippen LogP contribution in [0.1, 0.15) is 24.2 Å². The summed E-state index contributed by atoms with van der Waals surface area (Å²) in [6.45, 7) is 3.17. The number of rotatable bonds is 5. The number of anilines is 1. The second-order valence-corrected chi connectivity index (χ2v) is 9.60. The van der Waals surface area contributed by atoms with Crippen LogP contribution in [-0.2, 0) is 9.84 Å². The monoisotopic (exact) mass is 422 g/mol. The van der Waals surface area contributed by atoms with Gasteiger partial charge in [-0.1, -0.05) is 0 Å². The lowest BCUT2D eigenvalue weighted by molar-refractivity contribution is 0.102. The number of nitrogens with zero attached hydrogens (tertiary/aromatic N) is 1. The molecule has 146 valence electrons. The van der Waals surface area contributed by atoms with E-state index in [2.05, 4.69) is 10.3 Å². The standard InChI is InChI=1S/C19H16F2N2O3S2/c1-11(2)28(25,26)14-6-3-12(4-7-14)18(24)23-19-22-17(10-27-19)13-5-8-15(20)16(21)9-13/h3-11H,1-2H3,(H,22,23,24). The lowest BCUT2D eigenvalue weighted by atomic mass is 10.2. The summed E-state index contributed by atoms with van der Waals surface area (Å²) in [4.78, 5) is 16.7. The van der Waals surface area contributed by atoms with Crippen molar-refractivity contribution in [2.45, 2.75) is 24.0 Å². The third-order valence-corrected chi connectivity index (χ3v) is 6.93. The van der Waals surface area contributed by atoms with E-state index < -0.39 is 32.6 Å². The Balaban J connectivity index is 1.75. The van der Waals surface area contributed by atoms with Crippen LogP contribution in [0.3, 0.4) is 0 Å². The first kappa shape index (κ1) is 20.1. The first-order valence-electron chi connectivity index (χ1n) is 8.25. The van der Waals surface area contributed by atoms with E-state index in [1.165, 1.54) is 30.3 Å². The van der Waals surface area contributed by atoms with Crippen LogP contribution in [0.4, 0.5) is 13.9 Å². The van der Waals surface area contributed by atoms with Gasteiger partial charge in [-0.3, -0.25) is 10.1 Å². The van der Waals surface area contributed by atoms with Gasteiger partial charge in [-0.2, -0.15) is 0 Å². The van der Waals surface area contributed by atoms with Gasteiger partial charge < -0.3 is 0 Å². The van der Waals surface area contributed by atoms with E-state index in [9.17, 15) is 22.0 Å². The highest BCUT2D eigenvalue weighted by Crippen LogP contribution is 2.26. The number of hydrogen-bond donors (Lipinski definition) is 1. The fraction of sp³-hybridized carbons (Fsp3) is 0.158. The SMILES string of the molecule is CC(C)S(=O)(=O)c1ccc(C(=O)Nc2nc(-c3ccc(F)c(F)c3)cs2)cc1. The number of sulfone groups is 1. The Bertz CT molecular complexity index is 1120. The minimum absolute atomic E-state index is 0.147. The third kappa shape index (κ3) is 4.10. The van der Waals surface area contributed by atoms with Crippen molar-refractivity contribution in [1.29, 1.82) is 0 Å². The topological polar surface area (TPSA) is 76.1 Å². The zero-order valence-corrected chi connectivity index (χ0v) is 16.6. The second kappa shape index (κ2) is 7.76. The number of halogens is 2. The summed E-state index contributed by atoms with van der Waals surface area (Å²) in [5.41, 5.74) is 1.06. The molecule has 0 fully saturated rings. The molecule has 0 saturated carbocycles. The van der Waals surface area contributed by atoms with Crippen molar-refractivity contribution in [3.05, 3.63) is 65.0 Å². The van der Waals surface area contributed by atoms with Crippen LogP contribution >= 0.6 is 11.3 Å². The molecule has 1 heterocycles. The Morgan fingerprint density at radius 3 is 2.36 bits per heavy atom. The van der Waals surface area contributed by atoms with Gasteiger partial charge in [-0.25, -0.2) is 22.2 Å². The van der Waals surface area contributed by atoms with Crippen LogP contribution in [-0.4, -0.2) is 24.6 Å². The van der Waals surface area contributed by atoms with Crippen molar-refractivity contribution in [2.24, 2.45) is 0 Å². The maximum absolute atomic E-state index is 13.4. The van der Waals surface area contributed by atoms with Gasteiger partial charge in [0.05, 0.1) is 15.8 Å². The number of benzene rings is 2. The molecule has 3 rings (SSSR count). The minimum atomic E-state index is -3.41. The number of nitrogens with one attached hydrogen (secondary N) is 1. The lowest BCUT2D eigenvalue weighted by Crippen LogP contribution is -2.15. The predicted molar refractivity (Wildman–Crippen MR) is 104 cm³/mol. The molecule has 0 aliphatic rings. The molecular weight excluding hydrogens is 406 g/mol. The van der Waals surface area contributed by atoms with Crippen molar-refractivity contribution >= 4 is 32.2 Å². The molecule has 0 aliphatic heterocycles. The van der Waals surface area contributed by atoms with Crippen LogP contribution in [0.15, 0.2) is 52.7 Å². The first-order chi connectivity index (χ1) is 13.2. The van der Waals surface area contributed by atoms with E-state index in [1.54, 1.807) is 19.2 Å². The predicted octanol–water partition coefficient (Wildman–Crippen LogP) is 4.52. The minimum Gasteiger partial charge on any atom is -0.298 e. The Hall–Kier alpha value is -2.65. The molecule has 1 N–H and O–H groups in total. The molecule has 2 aromatic carbocycles. The maximum atomic E-state index is 13.4. The van der Waals surface area contributed by atoms with E-state index >= 15 is 0 Å². The Morgan fingerprint density at radius 2 is 1.75 bits per heavy atom. The van der Waals surface area contributed by atoms with Gasteiger partial charge in [0.1, 0.15) is 0 Å². The van der Waals surface area contributed by atoms with Gasteiger partial charge in [-0.05, 0) is 56.3 Å². The number of hydrogen-bond acceptors (Lipinski definition) is 5. The van der Waals surface area contributed by atoms with Crippen molar-refractivity contribution in [1.82, 2.24) is 4.98 Å². The fourth-order valence-electron chi connectivity index (χ4n) is 2.36. The van der Waals surface area contributed by atoms with Gasteiger partial charge in [0.25, 0.3) is 5.91 Å². The smallest absolute Gasteiger partial charge is 0.257 e. The summed E-state index contributed by atoms with van der Waals surface area (Å²) in [6, 6.07) is 9.06. The van der Waals surface area contributed by atoms with Crippen molar-refractivity contribution in [3.8, 4) is 11.3 Å². The van der Waals surface area contributed by atoms with Gasteiger partial charge in [0.2, 0.25) is 0 Å². The molecule has 1 aromatic heterocycles. The highest BCUT2D eigenvalue weighted by atomic mass is 32.2. The normalized spacial score (nSPS) is 11.6. The molecule has 0 atom stereocenters. The van der Waals surface area contributed by atoms with Crippen molar-refractivity contribution < 1.29 is 22.0 Å². The van der Waals surface area contributed by atoms with Gasteiger partial charge >= 0.3 is 0 Å². The highest BCUT2D eigenvalue weighted by molar-refractivity contribution is 7.92. The summed E-state index contributed by atoms with van der Waals surface area (Å²) in [6.07, 6.45) is 0. The second-order valence-electron chi connectivity index (χ2n) is 6.24. The molecule has 0 spiro atoms. The number of amides is 1. The quantitative estimate of drug-likeness (QED) is 0.656. The first-order valence-corrected chi connectivity index (χ1v) is 10.7. The Morgan fingerprint density at radius 1 is 1.07 bits per heavy atom. The van der Waals surface area contributed by atoms with Gasteiger partial charge in [0, 0.05) is 16.5 Å². The van der Waals surface area contributed by atoms with E-state index in [-0.39, 0.29) is 15.6 Å². The molecule has 0 aliphatic carbocycles. The van der Waals surface area contributed by atoms with Crippen LogP contribution in [0.25, 0.3) is 11.3 Å². The van der Waals surface area contributed by atoms with Crippen molar-refractivity contribution in [3.63, 3.8) is 0 Å². The molecule has 0 saturated heterocycles. The van der Waals surface area contributed by atoms with E-state index in [4.69, 9.17) is 0 Å². The van der Waals surface area contributed by atoms with Crippen LogP contribution in [0.2, 0.25) is 0 Å². The maximum Gasteiger partial charge on any atom is 0.257 e. The summed E-state index contributed by atoms with van der Waals surface area (Å²) in [5, 5.41) is 3.94. The van der Waals surface area contributed by atoms with E-state index in [0.717, 1.165) is 23.5 Å². The molecule has 5 nitrogen and oxygen atoms in total. The van der Waals surface area contributed by atoms with Gasteiger partial charge in [-0.15, -0.1) is 11.3 Å². The van der Waals surface area contributed by atoms with Crippen molar-refractivity contribution in [2.75, 3.05) is 5.32 Å². The number of carbonyl (C=O) groups excluding carboxylic acids is 1. The zero-order chi connectivity index (χ0) is 20.5. The van der Waals surface area contributed by atoms with E-state index in [0.29, 0.717) is 11.3 Å². The largest absolute Gasteiger partial charge is 0.298 e. The number of carbonyl (C=O) groups is 1. The average Bonchev–Trinajstić information content (AvgIpc) is 3.12. The Labute approximate surface area is 165 Å². The zero-order valence-electron chi connectivity index (χ0n) is 14.9.